The highest BCUT2D eigenvalue weighted by Gasteiger charge is 2.15. The zero-order valence-corrected chi connectivity index (χ0v) is 12.0. The lowest BCUT2D eigenvalue weighted by Crippen LogP contribution is -2.38. The number of ether oxygens (including phenoxy) is 1. The summed E-state index contributed by atoms with van der Waals surface area (Å²) in [6.07, 6.45) is 0.730. The smallest absolute Gasteiger partial charge is 0.319 e. The zero-order valence-electron chi connectivity index (χ0n) is 12.0. The van der Waals surface area contributed by atoms with Crippen molar-refractivity contribution in [3.8, 4) is 0 Å². The van der Waals surface area contributed by atoms with Crippen LogP contribution in [0.1, 0.15) is 6.42 Å². The van der Waals surface area contributed by atoms with Gasteiger partial charge in [0.25, 0.3) is 0 Å². The maximum atomic E-state index is 13.4. The van der Waals surface area contributed by atoms with Gasteiger partial charge in [-0.1, -0.05) is 0 Å². The number of benzene rings is 1. The van der Waals surface area contributed by atoms with Gasteiger partial charge in [-0.25, -0.2) is 18.0 Å². The Morgan fingerprint density at radius 2 is 1.91 bits per heavy atom. The number of hydrogen-bond donors (Lipinski definition) is 2. The number of carbonyl (C=O) groups is 1. The summed E-state index contributed by atoms with van der Waals surface area (Å²) < 4.78 is 44.4. The lowest BCUT2D eigenvalue weighted by Gasteiger charge is -2.26. The van der Waals surface area contributed by atoms with Gasteiger partial charge in [-0.05, 0) is 25.1 Å². The van der Waals surface area contributed by atoms with Crippen LogP contribution in [0.5, 0.6) is 0 Å². The van der Waals surface area contributed by atoms with Crippen LogP contribution in [0.2, 0.25) is 0 Å². The van der Waals surface area contributed by atoms with Crippen molar-refractivity contribution in [1.29, 1.82) is 0 Å². The minimum absolute atomic E-state index is 0.397. The maximum absolute atomic E-state index is 13.4. The maximum Gasteiger partial charge on any atom is 0.319 e. The minimum Gasteiger partial charge on any atom is -0.379 e. The Bertz CT molecular complexity index is 522. The van der Waals surface area contributed by atoms with Gasteiger partial charge < -0.3 is 15.4 Å². The van der Waals surface area contributed by atoms with Gasteiger partial charge in [-0.3, -0.25) is 4.90 Å². The molecule has 0 saturated carbocycles. The van der Waals surface area contributed by atoms with Crippen molar-refractivity contribution in [1.82, 2.24) is 10.2 Å². The Hall–Kier alpha value is -1.80. The third kappa shape index (κ3) is 4.60. The van der Waals surface area contributed by atoms with Gasteiger partial charge in [0.05, 0.1) is 18.9 Å². The Morgan fingerprint density at radius 1 is 1.18 bits per heavy atom. The summed E-state index contributed by atoms with van der Waals surface area (Å²) in [6, 6.07) is 1.07. The van der Waals surface area contributed by atoms with E-state index >= 15 is 0 Å². The number of carbonyl (C=O) groups excluding carboxylic acids is 1. The molecule has 0 radical (unpaired) electrons. The Kier molecular flexibility index (Phi) is 6.02. The number of nitrogens with one attached hydrogen (secondary N) is 2. The third-order valence-electron chi connectivity index (χ3n) is 3.32. The Morgan fingerprint density at radius 3 is 2.64 bits per heavy atom. The molecule has 0 bridgehead atoms. The van der Waals surface area contributed by atoms with Gasteiger partial charge in [0.2, 0.25) is 0 Å². The summed E-state index contributed by atoms with van der Waals surface area (Å²) in [6.45, 7) is 4.38. The molecule has 8 heteroatoms. The number of morpholine rings is 1. The first-order chi connectivity index (χ1) is 10.6. The first kappa shape index (κ1) is 16.6. The lowest BCUT2D eigenvalue weighted by molar-refractivity contribution is 0.0375. The molecule has 2 N–H and O–H groups in total. The summed E-state index contributed by atoms with van der Waals surface area (Å²) in [5, 5.41) is 4.69. The number of urea groups is 1. The van der Waals surface area contributed by atoms with Crippen LogP contribution in [-0.2, 0) is 4.74 Å². The van der Waals surface area contributed by atoms with E-state index in [0.29, 0.717) is 19.8 Å². The average Bonchev–Trinajstić information content (AvgIpc) is 2.53. The van der Waals surface area contributed by atoms with Crippen molar-refractivity contribution in [2.75, 3.05) is 44.7 Å². The molecule has 5 nitrogen and oxygen atoms in total. The van der Waals surface area contributed by atoms with Gasteiger partial charge in [0.1, 0.15) is 0 Å². The number of amides is 2. The fourth-order valence-corrected chi connectivity index (χ4v) is 2.12. The molecule has 1 saturated heterocycles. The molecule has 2 amide bonds. The summed E-state index contributed by atoms with van der Waals surface area (Å²) >= 11 is 0. The monoisotopic (exact) mass is 317 g/mol. The molecule has 1 aliphatic rings. The van der Waals surface area contributed by atoms with E-state index in [-0.39, 0.29) is 0 Å². The summed E-state index contributed by atoms with van der Waals surface area (Å²) in [7, 11) is 0. The highest BCUT2D eigenvalue weighted by atomic mass is 19.2. The number of hydrogen-bond acceptors (Lipinski definition) is 3. The van der Waals surface area contributed by atoms with Gasteiger partial charge >= 0.3 is 6.03 Å². The first-order valence-electron chi connectivity index (χ1n) is 7.06. The van der Waals surface area contributed by atoms with Crippen molar-refractivity contribution in [3.63, 3.8) is 0 Å². The molecule has 0 aromatic heterocycles. The molecule has 0 atom stereocenters. The molecule has 1 aromatic rings. The SMILES string of the molecule is O=C(NCCCN1CCOCC1)Nc1ccc(F)c(F)c1F. The average molecular weight is 317 g/mol. The predicted molar refractivity (Wildman–Crippen MR) is 75.2 cm³/mol. The molecule has 22 heavy (non-hydrogen) atoms. The second-order valence-electron chi connectivity index (χ2n) is 4.91. The second kappa shape index (κ2) is 8.00. The van der Waals surface area contributed by atoms with Crippen LogP contribution in [0.3, 0.4) is 0 Å². The van der Waals surface area contributed by atoms with E-state index in [1.165, 1.54) is 0 Å². The molecule has 1 fully saturated rings. The first-order valence-corrected chi connectivity index (χ1v) is 7.06. The molecular weight excluding hydrogens is 299 g/mol. The van der Waals surface area contributed by atoms with Gasteiger partial charge in [-0.15, -0.1) is 0 Å². The van der Waals surface area contributed by atoms with Crippen molar-refractivity contribution in [2.45, 2.75) is 6.42 Å². The normalized spacial score (nSPS) is 15.6. The van der Waals surface area contributed by atoms with E-state index in [0.717, 1.165) is 38.2 Å². The van der Waals surface area contributed by atoms with Crippen molar-refractivity contribution >= 4 is 11.7 Å². The summed E-state index contributed by atoms with van der Waals surface area (Å²) in [5.41, 5.74) is -0.399. The quantitative estimate of drug-likeness (QED) is 0.645. The number of halogens is 3. The highest BCUT2D eigenvalue weighted by Crippen LogP contribution is 2.19. The van der Waals surface area contributed by atoms with Crippen LogP contribution < -0.4 is 10.6 Å². The topological polar surface area (TPSA) is 53.6 Å². The zero-order chi connectivity index (χ0) is 15.9. The fraction of sp³-hybridized carbons (Fsp3) is 0.500. The van der Waals surface area contributed by atoms with Crippen molar-refractivity contribution < 1.29 is 22.7 Å². The minimum atomic E-state index is -1.61. The molecule has 0 aliphatic carbocycles. The van der Waals surface area contributed by atoms with Crippen molar-refractivity contribution in [2.24, 2.45) is 0 Å². The lowest BCUT2D eigenvalue weighted by atomic mass is 10.3. The number of rotatable bonds is 5. The molecule has 0 spiro atoms. The van der Waals surface area contributed by atoms with Gasteiger partial charge in [-0.2, -0.15) is 0 Å². The van der Waals surface area contributed by atoms with Crippen LogP contribution in [0.4, 0.5) is 23.7 Å². The standard InChI is InChI=1S/C14H18F3N3O2/c15-10-2-3-11(13(17)12(10)16)19-14(21)18-4-1-5-20-6-8-22-9-7-20/h2-3H,1,4-9H2,(H2,18,19,21). The van der Waals surface area contributed by atoms with Crippen LogP contribution in [-0.4, -0.2) is 50.3 Å². The van der Waals surface area contributed by atoms with E-state index < -0.39 is 29.2 Å². The van der Waals surface area contributed by atoms with E-state index in [4.69, 9.17) is 4.74 Å². The highest BCUT2D eigenvalue weighted by molar-refractivity contribution is 5.89. The molecule has 1 aromatic carbocycles. The van der Waals surface area contributed by atoms with Crippen LogP contribution >= 0.6 is 0 Å². The largest absolute Gasteiger partial charge is 0.379 e. The van der Waals surface area contributed by atoms with Gasteiger partial charge in [0, 0.05) is 19.6 Å². The van der Waals surface area contributed by atoms with Crippen LogP contribution in [0.15, 0.2) is 12.1 Å². The third-order valence-corrected chi connectivity index (χ3v) is 3.32. The molecular formula is C14H18F3N3O2. The van der Waals surface area contributed by atoms with Crippen LogP contribution in [0.25, 0.3) is 0 Å². The summed E-state index contributed by atoms with van der Waals surface area (Å²) in [4.78, 5) is 13.8. The molecule has 1 heterocycles. The van der Waals surface area contributed by atoms with Crippen LogP contribution in [0, 0.1) is 17.5 Å². The summed E-state index contributed by atoms with van der Waals surface area (Å²) in [5.74, 6) is -4.32. The second-order valence-corrected chi connectivity index (χ2v) is 4.91. The fourth-order valence-electron chi connectivity index (χ4n) is 2.12. The van der Waals surface area contributed by atoms with Crippen molar-refractivity contribution in [3.05, 3.63) is 29.6 Å². The molecule has 1 aliphatic heterocycles. The molecule has 122 valence electrons. The van der Waals surface area contributed by atoms with E-state index in [9.17, 15) is 18.0 Å². The number of nitrogens with zero attached hydrogens (tertiary/aromatic N) is 1. The molecule has 0 unspecified atom stereocenters. The number of anilines is 1. The van der Waals surface area contributed by atoms with E-state index in [1.807, 2.05) is 0 Å². The molecule has 2 rings (SSSR count). The Labute approximate surface area is 126 Å². The van der Waals surface area contributed by atoms with E-state index in [1.54, 1.807) is 0 Å². The Balaban J connectivity index is 1.70. The van der Waals surface area contributed by atoms with Gasteiger partial charge in [0.15, 0.2) is 17.5 Å². The predicted octanol–water partition coefficient (Wildman–Crippen LogP) is 1.95. The van der Waals surface area contributed by atoms with E-state index in [2.05, 4.69) is 15.5 Å².